The van der Waals surface area contributed by atoms with Gasteiger partial charge in [0, 0.05) is 6.20 Å². The molecule has 0 unspecified atom stereocenters. The van der Waals surface area contributed by atoms with Crippen molar-refractivity contribution in [2.45, 2.75) is 0 Å². The van der Waals surface area contributed by atoms with Gasteiger partial charge in [-0.15, -0.1) is 0 Å². The van der Waals surface area contributed by atoms with Crippen molar-refractivity contribution in [3.05, 3.63) is 48.0 Å². The standard InChI is InChI=1S/C11H8N2O3/c14-6-8-5-13(7-12-8)10-4-2-1-3-9(10)11(15)16/h1-7H,(H,15,16). The van der Waals surface area contributed by atoms with Crippen LogP contribution >= 0.6 is 0 Å². The number of hydrogen-bond donors (Lipinski definition) is 1. The smallest absolute Gasteiger partial charge is 0.337 e. The predicted molar refractivity (Wildman–Crippen MR) is 55.9 cm³/mol. The molecule has 1 aromatic heterocycles. The van der Waals surface area contributed by atoms with Crippen LogP contribution in [0.25, 0.3) is 5.69 Å². The van der Waals surface area contributed by atoms with Gasteiger partial charge in [0.05, 0.1) is 11.3 Å². The zero-order chi connectivity index (χ0) is 11.5. The number of aromatic carboxylic acids is 1. The molecule has 0 amide bonds. The molecule has 0 radical (unpaired) electrons. The van der Waals surface area contributed by atoms with Crippen LogP contribution in [-0.4, -0.2) is 26.9 Å². The summed E-state index contributed by atoms with van der Waals surface area (Å²) in [5.41, 5.74) is 0.910. The minimum Gasteiger partial charge on any atom is -0.478 e. The first-order chi connectivity index (χ1) is 7.72. The summed E-state index contributed by atoms with van der Waals surface area (Å²) >= 11 is 0. The van der Waals surface area contributed by atoms with Gasteiger partial charge < -0.3 is 9.67 Å². The lowest BCUT2D eigenvalue weighted by atomic mass is 10.2. The van der Waals surface area contributed by atoms with Gasteiger partial charge in [-0.25, -0.2) is 9.78 Å². The third-order valence-electron chi connectivity index (χ3n) is 2.14. The van der Waals surface area contributed by atoms with E-state index in [1.807, 2.05) is 0 Å². The van der Waals surface area contributed by atoms with Gasteiger partial charge in [-0.3, -0.25) is 4.79 Å². The zero-order valence-corrected chi connectivity index (χ0v) is 8.20. The molecule has 0 saturated carbocycles. The molecule has 0 aliphatic rings. The molecule has 0 saturated heterocycles. The van der Waals surface area contributed by atoms with Crippen molar-refractivity contribution in [3.63, 3.8) is 0 Å². The van der Waals surface area contributed by atoms with Gasteiger partial charge in [0.2, 0.25) is 0 Å². The van der Waals surface area contributed by atoms with Crippen molar-refractivity contribution in [2.75, 3.05) is 0 Å². The molecule has 0 fully saturated rings. The number of carbonyl (C=O) groups is 2. The van der Waals surface area contributed by atoms with Gasteiger partial charge >= 0.3 is 5.97 Å². The summed E-state index contributed by atoms with van der Waals surface area (Å²) in [7, 11) is 0. The van der Waals surface area contributed by atoms with E-state index in [1.165, 1.54) is 23.2 Å². The Bertz CT molecular complexity index is 546. The summed E-state index contributed by atoms with van der Waals surface area (Å²) in [5.74, 6) is -1.02. The number of benzene rings is 1. The van der Waals surface area contributed by atoms with Crippen LogP contribution in [0.4, 0.5) is 0 Å². The van der Waals surface area contributed by atoms with Crippen LogP contribution in [0.5, 0.6) is 0 Å². The van der Waals surface area contributed by atoms with Crippen LogP contribution in [0, 0.1) is 0 Å². The molecule has 2 aromatic rings. The van der Waals surface area contributed by atoms with E-state index in [0.717, 1.165) is 0 Å². The largest absolute Gasteiger partial charge is 0.478 e. The number of aldehydes is 1. The number of carboxylic acids is 1. The number of rotatable bonds is 3. The molecular weight excluding hydrogens is 208 g/mol. The van der Waals surface area contributed by atoms with Crippen molar-refractivity contribution < 1.29 is 14.7 Å². The summed E-state index contributed by atoms with van der Waals surface area (Å²) in [4.78, 5) is 25.3. The van der Waals surface area contributed by atoms with Crippen molar-refractivity contribution in [2.24, 2.45) is 0 Å². The third kappa shape index (κ3) is 1.70. The SMILES string of the molecule is O=Cc1cn(-c2ccccc2C(=O)O)cn1. The van der Waals surface area contributed by atoms with Gasteiger partial charge in [0.1, 0.15) is 12.0 Å². The highest BCUT2D eigenvalue weighted by atomic mass is 16.4. The molecule has 1 heterocycles. The molecule has 0 aliphatic heterocycles. The average molecular weight is 216 g/mol. The number of nitrogens with zero attached hydrogens (tertiary/aromatic N) is 2. The lowest BCUT2D eigenvalue weighted by Crippen LogP contribution is -2.03. The van der Waals surface area contributed by atoms with E-state index in [1.54, 1.807) is 18.2 Å². The minimum absolute atomic E-state index is 0.164. The number of carbonyl (C=O) groups excluding carboxylic acids is 1. The molecule has 1 aromatic carbocycles. The Morgan fingerprint density at radius 3 is 2.75 bits per heavy atom. The van der Waals surface area contributed by atoms with Gasteiger partial charge in [-0.2, -0.15) is 0 Å². The highest BCUT2D eigenvalue weighted by Crippen LogP contribution is 2.14. The highest BCUT2D eigenvalue weighted by Gasteiger charge is 2.10. The normalized spacial score (nSPS) is 10.0. The third-order valence-corrected chi connectivity index (χ3v) is 2.14. The maximum absolute atomic E-state index is 11.0. The fraction of sp³-hybridized carbons (Fsp3) is 0. The maximum atomic E-state index is 11.0. The molecule has 0 spiro atoms. The van der Waals surface area contributed by atoms with Gasteiger partial charge in [-0.1, -0.05) is 12.1 Å². The molecule has 0 atom stereocenters. The zero-order valence-electron chi connectivity index (χ0n) is 8.20. The van der Waals surface area contributed by atoms with Crippen LogP contribution in [-0.2, 0) is 0 Å². The molecule has 2 rings (SSSR count). The quantitative estimate of drug-likeness (QED) is 0.787. The number of hydrogen-bond acceptors (Lipinski definition) is 3. The van der Waals surface area contributed by atoms with E-state index in [0.29, 0.717) is 12.0 Å². The Hall–Kier alpha value is -2.43. The summed E-state index contributed by atoms with van der Waals surface area (Å²) in [5, 5.41) is 8.99. The Kier molecular flexibility index (Phi) is 2.51. The second kappa shape index (κ2) is 3.98. The first-order valence-corrected chi connectivity index (χ1v) is 4.54. The van der Waals surface area contributed by atoms with Crippen LogP contribution < -0.4 is 0 Å². The van der Waals surface area contributed by atoms with Crippen molar-refractivity contribution >= 4 is 12.3 Å². The van der Waals surface area contributed by atoms with Crippen LogP contribution in [0.3, 0.4) is 0 Å². The molecule has 16 heavy (non-hydrogen) atoms. The van der Waals surface area contributed by atoms with E-state index >= 15 is 0 Å². The fourth-order valence-corrected chi connectivity index (χ4v) is 1.41. The summed E-state index contributed by atoms with van der Waals surface area (Å²) in [6, 6.07) is 6.52. The van der Waals surface area contributed by atoms with Crippen LogP contribution in [0.2, 0.25) is 0 Å². The second-order valence-corrected chi connectivity index (χ2v) is 3.15. The molecule has 1 N–H and O–H groups in total. The first-order valence-electron chi connectivity index (χ1n) is 4.54. The van der Waals surface area contributed by atoms with Crippen molar-refractivity contribution in [1.82, 2.24) is 9.55 Å². The molecular formula is C11H8N2O3. The van der Waals surface area contributed by atoms with Gasteiger partial charge in [0.25, 0.3) is 0 Å². The first kappa shape index (κ1) is 10.1. The highest BCUT2D eigenvalue weighted by molar-refractivity contribution is 5.92. The molecule has 0 bridgehead atoms. The summed E-state index contributed by atoms with van der Waals surface area (Å²) < 4.78 is 1.51. The molecule has 5 heteroatoms. The number of carboxylic acid groups (broad SMARTS) is 1. The average Bonchev–Trinajstić information content (AvgIpc) is 2.77. The molecule has 5 nitrogen and oxygen atoms in total. The number of imidazole rings is 1. The Labute approximate surface area is 91.0 Å². The van der Waals surface area contributed by atoms with Crippen LogP contribution in [0.15, 0.2) is 36.8 Å². The van der Waals surface area contributed by atoms with Gasteiger partial charge in [-0.05, 0) is 12.1 Å². The second-order valence-electron chi connectivity index (χ2n) is 3.15. The predicted octanol–water partition coefficient (Wildman–Crippen LogP) is 1.38. The Balaban J connectivity index is 2.54. The minimum atomic E-state index is -1.02. The Morgan fingerprint density at radius 1 is 1.38 bits per heavy atom. The van der Waals surface area contributed by atoms with E-state index < -0.39 is 5.97 Å². The lowest BCUT2D eigenvalue weighted by Gasteiger charge is -2.05. The summed E-state index contributed by atoms with van der Waals surface area (Å²) in [6.07, 6.45) is 3.50. The van der Waals surface area contributed by atoms with E-state index in [-0.39, 0.29) is 11.3 Å². The van der Waals surface area contributed by atoms with Crippen molar-refractivity contribution in [1.29, 1.82) is 0 Å². The molecule has 0 aliphatic carbocycles. The van der Waals surface area contributed by atoms with E-state index in [9.17, 15) is 9.59 Å². The van der Waals surface area contributed by atoms with Gasteiger partial charge in [0.15, 0.2) is 6.29 Å². The monoisotopic (exact) mass is 216 g/mol. The van der Waals surface area contributed by atoms with Crippen molar-refractivity contribution in [3.8, 4) is 5.69 Å². The number of para-hydroxylation sites is 1. The maximum Gasteiger partial charge on any atom is 0.337 e. The fourth-order valence-electron chi connectivity index (χ4n) is 1.41. The van der Waals surface area contributed by atoms with E-state index in [2.05, 4.69) is 4.98 Å². The van der Waals surface area contributed by atoms with Crippen LogP contribution in [0.1, 0.15) is 20.8 Å². The Morgan fingerprint density at radius 2 is 2.12 bits per heavy atom. The molecule has 80 valence electrons. The number of aromatic nitrogens is 2. The van der Waals surface area contributed by atoms with E-state index in [4.69, 9.17) is 5.11 Å². The summed E-state index contributed by atoms with van der Waals surface area (Å²) in [6.45, 7) is 0. The topological polar surface area (TPSA) is 72.2 Å². The lowest BCUT2D eigenvalue weighted by molar-refractivity contribution is 0.0697.